The van der Waals surface area contributed by atoms with Crippen molar-refractivity contribution >= 4 is 6.09 Å². The monoisotopic (exact) mass is 331 g/mol. The third-order valence-corrected chi connectivity index (χ3v) is 5.53. The van der Waals surface area contributed by atoms with Gasteiger partial charge in [0.25, 0.3) is 0 Å². The number of benzene rings is 1. The molecule has 1 amide bonds. The number of hydrogen-bond acceptors (Lipinski definition) is 3. The molecule has 3 rings (SSSR count). The van der Waals surface area contributed by atoms with Crippen LogP contribution in [0.15, 0.2) is 18.2 Å². The lowest BCUT2D eigenvalue weighted by Crippen LogP contribution is -2.48. The fourth-order valence-electron chi connectivity index (χ4n) is 4.43. The van der Waals surface area contributed by atoms with Crippen molar-refractivity contribution in [2.24, 2.45) is 5.41 Å². The predicted octanol–water partition coefficient (Wildman–Crippen LogP) is 4.20. The lowest BCUT2D eigenvalue weighted by Gasteiger charge is -2.46. The fourth-order valence-corrected chi connectivity index (χ4v) is 4.43. The number of likely N-dealkylation sites (tertiary alicyclic amines) is 1. The van der Waals surface area contributed by atoms with Crippen molar-refractivity contribution in [2.75, 3.05) is 6.54 Å². The van der Waals surface area contributed by atoms with Crippen molar-refractivity contribution in [2.45, 2.75) is 71.6 Å². The Bertz CT molecular complexity index is 634. The summed E-state index contributed by atoms with van der Waals surface area (Å²) in [7, 11) is 0. The SMILES string of the molecule is CC[C@]12CCCN(C(=O)OC(C)(C)C)[C@H]1c1cc(CO)ccc1C2. The van der Waals surface area contributed by atoms with Gasteiger partial charge in [-0.15, -0.1) is 0 Å². The molecule has 24 heavy (non-hydrogen) atoms. The minimum Gasteiger partial charge on any atom is -0.444 e. The molecule has 132 valence electrons. The largest absolute Gasteiger partial charge is 0.444 e. The average Bonchev–Trinajstić information content (AvgIpc) is 2.87. The number of hydrogen-bond donors (Lipinski definition) is 1. The highest BCUT2D eigenvalue weighted by molar-refractivity contribution is 5.70. The normalized spacial score (nSPS) is 26.0. The number of rotatable bonds is 2. The third-order valence-electron chi connectivity index (χ3n) is 5.53. The summed E-state index contributed by atoms with van der Waals surface area (Å²) >= 11 is 0. The molecule has 0 bridgehead atoms. The van der Waals surface area contributed by atoms with Crippen LogP contribution in [-0.4, -0.2) is 28.2 Å². The van der Waals surface area contributed by atoms with Crippen LogP contribution >= 0.6 is 0 Å². The van der Waals surface area contributed by atoms with Crippen molar-refractivity contribution in [3.8, 4) is 0 Å². The number of aliphatic hydroxyl groups is 1. The van der Waals surface area contributed by atoms with E-state index in [9.17, 15) is 9.90 Å². The van der Waals surface area contributed by atoms with Crippen molar-refractivity contribution in [3.05, 3.63) is 34.9 Å². The first-order valence-electron chi connectivity index (χ1n) is 9.02. The summed E-state index contributed by atoms with van der Waals surface area (Å²) in [6, 6.07) is 6.27. The van der Waals surface area contributed by atoms with E-state index in [1.165, 1.54) is 11.1 Å². The van der Waals surface area contributed by atoms with Gasteiger partial charge in [0, 0.05) is 6.54 Å². The Balaban J connectivity index is 2.01. The number of carbonyl (C=O) groups excluding carboxylic acids is 1. The van der Waals surface area contributed by atoms with E-state index >= 15 is 0 Å². The van der Waals surface area contributed by atoms with Crippen molar-refractivity contribution in [1.82, 2.24) is 4.90 Å². The van der Waals surface area contributed by atoms with Crippen LogP contribution in [0.2, 0.25) is 0 Å². The van der Waals surface area contributed by atoms with Crippen LogP contribution < -0.4 is 0 Å². The number of aliphatic hydroxyl groups excluding tert-OH is 1. The molecule has 1 aromatic rings. The van der Waals surface area contributed by atoms with Gasteiger partial charge in [-0.05, 0) is 68.6 Å². The van der Waals surface area contributed by atoms with Crippen LogP contribution in [0.3, 0.4) is 0 Å². The molecule has 0 unspecified atom stereocenters. The predicted molar refractivity (Wildman–Crippen MR) is 93.7 cm³/mol. The summed E-state index contributed by atoms with van der Waals surface area (Å²) in [6.45, 7) is 8.73. The van der Waals surface area contributed by atoms with Crippen LogP contribution in [-0.2, 0) is 17.8 Å². The molecule has 0 saturated carbocycles. The van der Waals surface area contributed by atoms with Crippen LogP contribution in [0.5, 0.6) is 0 Å². The molecule has 1 fully saturated rings. The second-order valence-electron chi connectivity index (χ2n) is 8.26. The smallest absolute Gasteiger partial charge is 0.410 e. The fraction of sp³-hybridized carbons (Fsp3) is 0.650. The van der Waals surface area contributed by atoms with Gasteiger partial charge in [0.05, 0.1) is 12.6 Å². The van der Waals surface area contributed by atoms with Crippen LogP contribution in [0.4, 0.5) is 4.79 Å². The van der Waals surface area contributed by atoms with Gasteiger partial charge in [-0.3, -0.25) is 0 Å². The molecular formula is C20H29NO3. The quantitative estimate of drug-likeness (QED) is 0.883. The van der Waals surface area contributed by atoms with Gasteiger partial charge in [-0.25, -0.2) is 4.79 Å². The van der Waals surface area contributed by atoms with E-state index < -0.39 is 5.60 Å². The van der Waals surface area contributed by atoms with E-state index in [-0.39, 0.29) is 24.2 Å². The summed E-state index contributed by atoms with van der Waals surface area (Å²) in [6.07, 6.45) is 3.99. The highest BCUT2D eigenvalue weighted by Crippen LogP contribution is 2.56. The molecule has 1 aliphatic carbocycles. The standard InChI is InChI=1S/C20H29NO3/c1-5-20-9-6-10-21(18(23)24-19(2,3)4)17(20)16-11-14(13-22)7-8-15(16)12-20/h7-8,11,17,22H,5-6,9-10,12-13H2,1-4H3/t17-,20+/m0/s1. The number of ether oxygens (including phenoxy) is 1. The Morgan fingerprint density at radius 3 is 2.79 bits per heavy atom. The van der Waals surface area contributed by atoms with Crippen molar-refractivity contribution < 1.29 is 14.6 Å². The van der Waals surface area contributed by atoms with Gasteiger partial charge in [-0.2, -0.15) is 0 Å². The number of fused-ring (bicyclic) bond motifs is 3. The van der Waals surface area contributed by atoms with Crippen LogP contribution in [0.1, 0.15) is 69.7 Å². The van der Waals surface area contributed by atoms with Gasteiger partial charge in [-0.1, -0.05) is 25.1 Å². The molecule has 4 nitrogen and oxygen atoms in total. The number of amides is 1. The molecule has 0 aromatic heterocycles. The molecule has 1 aromatic carbocycles. The molecule has 1 aliphatic heterocycles. The maximum atomic E-state index is 12.8. The minimum absolute atomic E-state index is 0.0333. The van der Waals surface area contributed by atoms with Crippen LogP contribution in [0, 0.1) is 5.41 Å². The van der Waals surface area contributed by atoms with Gasteiger partial charge in [0.1, 0.15) is 5.60 Å². The topological polar surface area (TPSA) is 49.8 Å². The molecule has 0 radical (unpaired) electrons. The molecule has 0 spiro atoms. The zero-order valence-electron chi connectivity index (χ0n) is 15.3. The van der Waals surface area contributed by atoms with Gasteiger partial charge < -0.3 is 14.7 Å². The lowest BCUT2D eigenvalue weighted by molar-refractivity contribution is -0.0214. The Labute approximate surface area is 144 Å². The van der Waals surface area contributed by atoms with Gasteiger partial charge >= 0.3 is 6.09 Å². The minimum atomic E-state index is -0.488. The van der Waals surface area contributed by atoms with E-state index in [1.807, 2.05) is 31.7 Å². The molecule has 1 N–H and O–H groups in total. The molecule has 4 heteroatoms. The summed E-state index contributed by atoms with van der Waals surface area (Å²) in [5.74, 6) is 0. The third kappa shape index (κ3) is 2.92. The number of nitrogens with zero attached hydrogens (tertiary/aromatic N) is 1. The molecule has 1 saturated heterocycles. The Morgan fingerprint density at radius 1 is 1.42 bits per heavy atom. The Kier molecular flexibility index (Phi) is 4.37. The van der Waals surface area contributed by atoms with Crippen molar-refractivity contribution in [1.29, 1.82) is 0 Å². The second kappa shape index (κ2) is 6.07. The molecule has 1 heterocycles. The van der Waals surface area contributed by atoms with Gasteiger partial charge in [0.15, 0.2) is 0 Å². The first kappa shape index (κ1) is 17.3. The van der Waals surface area contributed by atoms with Crippen LogP contribution in [0.25, 0.3) is 0 Å². The zero-order valence-corrected chi connectivity index (χ0v) is 15.3. The van der Waals surface area contributed by atoms with E-state index in [0.29, 0.717) is 0 Å². The molecule has 2 atom stereocenters. The summed E-state index contributed by atoms with van der Waals surface area (Å²) < 4.78 is 5.68. The zero-order chi connectivity index (χ0) is 17.5. The first-order chi connectivity index (χ1) is 11.3. The van der Waals surface area contributed by atoms with E-state index in [4.69, 9.17) is 4.74 Å². The highest BCUT2D eigenvalue weighted by Gasteiger charge is 2.51. The summed E-state index contributed by atoms with van der Waals surface area (Å²) in [5.41, 5.74) is 3.04. The Hall–Kier alpha value is -1.55. The van der Waals surface area contributed by atoms with E-state index in [0.717, 1.165) is 37.8 Å². The summed E-state index contributed by atoms with van der Waals surface area (Å²) in [5, 5.41) is 9.51. The number of carbonyl (C=O) groups is 1. The molecular weight excluding hydrogens is 302 g/mol. The maximum absolute atomic E-state index is 12.8. The number of piperidine rings is 1. The second-order valence-corrected chi connectivity index (χ2v) is 8.26. The first-order valence-corrected chi connectivity index (χ1v) is 9.02. The summed E-state index contributed by atoms with van der Waals surface area (Å²) in [4.78, 5) is 14.8. The van der Waals surface area contributed by atoms with E-state index in [2.05, 4.69) is 19.1 Å². The highest BCUT2D eigenvalue weighted by atomic mass is 16.6. The molecule has 2 aliphatic rings. The maximum Gasteiger partial charge on any atom is 0.410 e. The van der Waals surface area contributed by atoms with E-state index in [1.54, 1.807) is 0 Å². The average molecular weight is 331 g/mol. The Morgan fingerprint density at radius 2 is 2.17 bits per heavy atom. The van der Waals surface area contributed by atoms with Gasteiger partial charge in [0.2, 0.25) is 0 Å². The van der Waals surface area contributed by atoms with Crippen molar-refractivity contribution in [3.63, 3.8) is 0 Å². The lowest BCUT2D eigenvalue weighted by atomic mass is 9.71.